The van der Waals surface area contributed by atoms with Gasteiger partial charge >= 0.3 is 0 Å². The number of rotatable bonds is 4. The predicted octanol–water partition coefficient (Wildman–Crippen LogP) is 4.45. The minimum atomic E-state index is -0.0572. The average Bonchev–Trinajstić information content (AvgIpc) is 3.12. The molecule has 0 bridgehead atoms. The molecule has 1 heterocycles. The summed E-state index contributed by atoms with van der Waals surface area (Å²) < 4.78 is 1.88. The van der Waals surface area contributed by atoms with Gasteiger partial charge in [0.15, 0.2) is 0 Å². The molecule has 2 aromatic carbocycles. The van der Waals surface area contributed by atoms with Gasteiger partial charge in [0, 0.05) is 37.2 Å². The van der Waals surface area contributed by atoms with Crippen LogP contribution in [0.25, 0.3) is 5.69 Å². The van der Waals surface area contributed by atoms with Crippen molar-refractivity contribution in [3.63, 3.8) is 0 Å². The molecule has 0 spiro atoms. The molecule has 0 unspecified atom stereocenters. The SMILES string of the molecule is CN(Cc1ccc(Cl)c(Cl)c1)C(=O)c1ccc(-n2ccnc2)cc1. The Morgan fingerprint density at radius 2 is 1.88 bits per heavy atom. The van der Waals surface area contributed by atoms with Crippen molar-refractivity contribution in [2.45, 2.75) is 6.54 Å². The van der Waals surface area contributed by atoms with Crippen molar-refractivity contribution in [1.82, 2.24) is 14.5 Å². The zero-order valence-corrected chi connectivity index (χ0v) is 14.5. The number of benzene rings is 2. The highest BCUT2D eigenvalue weighted by atomic mass is 35.5. The van der Waals surface area contributed by atoms with E-state index in [1.165, 1.54) is 0 Å². The molecule has 0 fully saturated rings. The summed E-state index contributed by atoms with van der Waals surface area (Å²) in [4.78, 5) is 18.2. The molecule has 122 valence electrons. The summed E-state index contributed by atoms with van der Waals surface area (Å²) in [6.07, 6.45) is 5.28. The Morgan fingerprint density at radius 3 is 2.50 bits per heavy atom. The van der Waals surface area contributed by atoms with E-state index in [0.29, 0.717) is 22.2 Å². The van der Waals surface area contributed by atoms with Crippen LogP contribution in [0, 0.1) is 0 Å². The fourth-order valence-corrected chi connectivity index (χ4v) is 2.71. The average molecular weight is 360 g/mol. The molecule has 0 aliphatic carbocycles. The first kappa shape index (κ1) is 16.6. The van der Waals surface area contributed by atoms with Crippen LogP contribution < -0.4 is 0 Å². The van der Waals surface area contributed by atoms with Crippen LogP contribution in [-0.4, -0.2) is 27.4 Å². The molecule has 1 aromatic heterocycles. The summed E-state index contributed by atoms with van der Waals surface area (Å²) in [6.45, 7) is 0.457. The van der Waals surface area contributed by atoms with Crippen molar-refractivity contribution in [3.05, 3.63) is 82.4 Å². The van der Waals surface area contributed by atoms with Crippen molar-refractivity contribution in [2.75, 3.05) is 7.05 Å². The Labute approximate surface area is 150 Å². The van der Waals surface area contributed by atoms with Crippen LogP contribution in [0.2, 0.25) is 10.0 Å². The summed E-state index contributed by atoms with van der Waals surface area (Å²) in [6, 6.07) is 12.8. The first-order chi connectivity index (χ1) is 11.5. The highest BCUT2D eigenvalue weighted by Gasteiger charge is 2.13. The third kappa shape index (κ3) is 3.61. The van der Waals surface area contributed by atoms with Crippen LogP contribution in [0.3, 0.4) is 0 Å². The number of hydrogen-bond acceptors (Lipinski definition) is 2. The molecule has 3 rings (SSSR count). The minimum Gasteiger partial charge on any atom is -0.337 e. The van der Waals surface area contributed by atoms with E-state index in [1.807, 2.05) is 41.1 Å². The van der Waals surface area contributed by atoms with E-state index in [-0.39, 0.29) is 5.91 Å². The van der Waals surface area contributed by atoms with Crippen molar-refractivity contribution in [3.8, 4) is 5.69 Å². The highest BCUT2D eigenvalue weighted by molar-refractivity contribution is 6.42. The number of carbonyl (C=O) groups excluding carboxylic acids is 1. The second-order valence-electron chi connectivity index (χ2n) is 5.43. The largest absolute Gasteiger partial charge is 0.337 e. The fraction of sp³-hybridized carbons (Fsp3) is 0.111. The van der Waals surface area contributed by atoms with Gasteiger partial charge < -0.3 is 9.47 Å². The van der Waals surface area contributed by atoms with Gasteiger partial charge in [0.2, 0.25) is 0 Å². The summed E-state index contributed by atoms with van der Waals surface area (Å²) in [5, 5.41) is 0.990. The molecule has 4 nitrogen and oxygen atoms in total. The molecular formula is C18H15Cl2N3O. The molecule has 24 heavy (non-hydrogen) atoms. The maximum atomic E-state index is 12.5. The lowest BCUT2D eigenvalue weighted by molar-refractivity contribution is 0.0785. The Morgan fingerprint density at radius 1 is 1.12 bits per heavy atom. The van der Waals surface area contributed by atoms with Gasteiger partial charge in [-0.3, -0.25) is 4.79 Å². The Balaban J connectivity index is 1.72. The predicted molar refractivity (Wildman–Crippen MR) is 95.8 cm³/mol. The lowest BCUT2D eigenvalue weighted by Crippen LogP contribution is -2.26. The van der Waals surface area contributed by atoms with E-state index >= 15 is 0 Å². The molecule has 0 aliphatic rings. The Bertz CT molecular complexity index is 845. The topological polar surface area (TPSA) is 38.1 Å². The molecule has 0 radical (unpaired) electrons. The van der Waals surface area contributed by atoms with Gasteiger partial charge in [-0.25, -0.2) is 4.98 Å². The number of hydrogen-bond donors (Lipinski definition) is 0. The number of amides is 1. The van der Waals surface area contributed by atoms with Crippen molar-refractivity contribution >= 4 is 29.1 Å². The second kappa shape index (κ2) is 7.07. The van der Waals surface area contributed by atoms with Crippen LogP contribution in [0.1, 0.15) is 15.9 Å². The van der Waals surface area contributed by atoms with E-state index in [0.717, 1.165) is 11.3 Å². The minimum absolute atomic E-state index is 0.0572. The standard InChI is InChI=1S/C18H15Cl2N3O/c1-22(11-13-2-7-16(19)17(20)10-13)18(24)14-3-5-15(6-4-14)23-9-8-21-12-23/h2-10,12H,11H2,1H3. The van der Waals surface area contributed by atoms with Crippen LogP contribution in [0.5, 0.6) is 0 Å². The van der Waals surface area contributed by atoms with Crippen molar-refractivity contribution in [1.29, 1.82) is 0 Å². The van der Waals surface area contributed by atoms with Crippen LogP contribution >= 0.6 is 23.2 Å². The van der Waals surface area contributed by atoms with Crippen LogP contribution in [0.15, 0.2) is 61.2 Å². The van der Waals surface area contributed by atoms with Crippen molar-refractivity contribution < 1.29 is 4.79 Å². The lowest BCUT2D eigenvalue weighted by Gasteiger charge is -2.18. The van der Waals surface area contributed by atoms with Gasteiger partial charge in [0.05, 0.1) is 16.4 Å². The molecule has 0 atom stereocenters. The monoisotopic (exact) mass is 359 g/mol. The van der Waals surface area contributed by atoms with Gasteiger partial charge in [0.1, 0.15) is 0 Å². The molecule has 6 heteroatoms. The maximum Gasteiger partial charge on any atom is 0.253 e. The van der Waals surface area contributed by atoms with Crippen molar-refractivity contribution in [2.24, 2.45) is 0 Å². The zero-order valence-electron chi connectivity index (χ0n) is 13.0. The molecule has 0 aliphatic heterocycles. The van der Waals surface area contributed by atoms with E-state index in [2.05, 4.69) is 4.98 Å². The highest BCUT2D eigenvalue weighted by Crippen LogP contribution is 2.23. The van der Waals surface area contributed by atoms with Gasteiger partial charge in [-0.15, -0.1) is 0 Å². The number of imidazole rings is 1. The zero-order chi connectivity index (χ0) is 17.1. The fourth-order valence-electron chi connectivity index (χ4n) is 2.39. The van der Waals surface area contributed by atoms with Crippen LogP contribution in [0.4, 0.5) is 0 Å². The van der Waals surface area contributed by atoms with E-state index in [1.54, 1.807) is 36.6 Å². The summed E-state index contributed by atoms with van der Waals surface area (Å²) in [7, 11) is 1.76. The van der Waals surface area contributed by atoms with E-state index in [9.17, 15) is 4.79 Å². The number of aromatic nitrogens is 2. The lowest BCUT2D eigenvalue weighted by atomic mass is 10.1. The second-order valence-corrected chi connectivity index (χ2v) is 6.24. The van der Waals surface area contributed by atoms with Gasteiger partial charge in [-0.05, 0) is 42.0 Å². The number of nitrogens with zero attached hydrogens (tertiary/aromatic N) is 3. The van der Waals surface area contributed by atoms with Gasteiger partial charge in [-0.1, -0.05) is 29.3 Å². The quantitative estimate of drug-likeness (QED) is 0.689. The van der Waals surface area contributed by atoms with Crippen LogP contribution in [-0.2, 0) is 6.54 Å². The first-order valence-corrected chi connectivity index (χ1v) is 8.08. The van der Waals surface area contributed by atoms with Gasteiger partial charge in [0.25, 0.3) is 5.91 Å². The third-order valence-electron chi connectivity index (χ3n) is 3.67. The molecule has 0 N–H and O–H groups in total. The normalized spacial score (nSPS) is 10.6. The van der Waals surface area contributed by atoms with E-state index < -0.39 is 0 Å². The Hall–Kier alpha value is -2.30. The number of carbonyl (C=O) groups is 1. The molecule has 0 saturated carbocycles. The smallest absolute Gasteiger partial charge is 0.253 e. The molecule has 3 aromatic rings. The van der Waals surface area contributed by atoms with Gasteiger partial charge in [-0.2, -0.15) is 0 Å². The number of halogens is 2. The van der Waals surface area contributed by atoms with E-state index in [4.69, 9.17) is 23.2 Å². The summed E-state index contributed by atoms with van der Waals surface area (Å²) >= 11 is 11.9. The molecule has 0 saturated heterocycles. The molecule has 1 amide bonds. The summed E-state index contributed by atoms with van der Waals surface area (Å²) in [5.41, 5.74) is 2.51. The molecular weight excluding hydrogens is 345 g/mol. The first-order valence-electron chi connectivity index (χ1n) is 7.32. The Kier molecular flexibility index (Phi) is 4.88. The maximum absolute atomic E-state index is 12.5. The third-order valence-corrected chi connectivity index (χ3v) is 4.41. The summed E-state index contributed by atoms with van der Waals surface area (Å²) in [5.74, 6) is -0.0572.